The lowest BCUT2D eigenvalue weighted by atomic mass is 9.97. The van der Waals surface area contributed by atoms with Crippen molar-refractivity contribution in [1.82, 2.24) is 0 Å². The molecule has 0 heterocycles. The number of ether oxygens (including phenoxy) is 1. The topological polar surface area (TPSA) is 35.2 Å². The lowest BCUT2D eigenvalue weighted by molar-refractivity contribution is 0.407. The van der Waals surface area contributed by atoms with Crippen LogP contribution in [0.15, 0.2) is 36.4 Å². The zero-order chi connectivity index (χ0) is 14.0. The van der Waals surface area contributed by atoms with Crippen molar-refractivity contribution in [2.24, 2.45) is 5.73 Å². The smallest absolute Gasteiger partial charge is 0.142 e. The molecule has 0 spiro atoms. The summed E-state index contributed by atoms with van der Waals surface area (Å²) in [7, 11) is 1.59. The number of methoxy groups -OCH3 is 1. The van der Waals surface area contributed by atoms with E-state index in [1.165, 1.54) is 12.1 Å². The zero-order valence-electron chi connectivity index (χ0n) is 10.8. The van der Waals surface area contributed by atoms with Crippen LogP contribution in [0.2, 0.25) is 5.02 Å². The summed E-state index contributed by atoms with van der Waals surface area (Å²) in [5.41, 5.74) is 8.74. The van der Waals surface area contributed by atoms with Crippen LogP contribution in [0.3, 0.4) is 0 Å². The molecule has 2 aromatic rings. The van der Waals surface area contributed by atoms with Crippen LogP contribution < -0.4 is 10.5 Å². The highest BCUT2D eigenvalue weighted by atomic mass is 35.5. The molecule has 0 saturated heterocycles. The first-order chi connectivity index (χ1) is 9.02. The summed E-state index contributed by atoms with van der Waals surface area (Å²) in [6.45, 7) is 1.97. The van der Waals surface area contributed by atoms with Gasteiger partial charge in [-0.1, -0.05) is 35.4 Å². The van der Waals surface area contributed by atoms with Crippen LogP contribution in [0, 0.1) is 12.7 Å². The number of hydrogen-bond acceptors (Lipinski definition) is 2. The molecule has 19 heavy (non-hydrogen) atoms. The first-order valence-corrected chi connectivity index (χ1v) is 6.26. The summed E-state index contributed by atoms with van der Waals surface area (Å²) in [6.07, 6.45) is 0. The van der Waals surface area contributed by atoms with Crippen LogP contribution in [0.4, 0.5) is 4.39 Å². The minimum Gasteiger partial charge on any atom is -0.496 e. The van der Waals surface area contributed by atoms with Crippen molar-refractivity contribution >= 4 is 11.6 Å². The Morgan fingerprint density at radius 3 is 2.58 bits per heavy atom. The minimum atomic E-state index is -0.471. The van der Waals surface area contributed by atoms with E-state index in [1.807, 2.05) is 25.1 Å². The van der Waals surface area contributed by atoms with Gasteiger partial charge in [0, 0.05) is 5.56 Å². The Kier molecular flexibility index (Phi) is 4.08. The van der Waals surface area contributed by atoms with E-state index in [2.05, 4.69) is 0 Å². The molecule has 2 rings (SSSR count). The second-order valence-electron chi connectivity index (χ2n) is 4.40. The Morgan fingerprint density at radius 2 is 1.95 bits per heavy atom. The summed E-state index contributed by atoms with van der Waals surface area (Å²) in [5.74, 6) is 0.217. The Balaban J connectivity index is 2.45. The second kappa shape index (κ2) is 5.59. The number of halogens is 2. The van der Waals surface area contributed by atoms with Crippen LogP contribution in [0.25, 0.3) is 0 Å². The van der Waals surface area contributed by atoms with Crippen LogP contribution in [-0.2, 0) is 0 Å². The van der Waals surface area contributed by atoms with E-state index in [9.17, 15) is 4.39 Å². The third-order valence-corrected chi connectivity index (χ3v) is 3.33. The Bertz CT molecular complexity index is 601. The maximum Gasteiger partial charge on any atom is 0.142 e. The van der Waals surface area contributed by atoms with Crippen LogP contribution >= 0.6 is 11.6 Å². The molecular formula is C15H15ClFNO. The van der Waals surface area contributed by atoms with Gasteiger partial charge in [0.2, 0.25) is 0 Å². The van der Waals surface area contributed by atoms with Gasteiger partial charge in [0.15, 0.2) is 0 Å². The molecule has 0 aromatic heterocycles. The normalized spacial score (nSPS) is 12.3. The summed E-state index contributed by atoms with van der Waals surface area (Å²) in [5, 5.41) is 0.0900. The molecular weight excluding hydrogens is 265 g/mol. The predicted octanol–water partition coefficient (Wildman–Crippen LogP) is 3.84. The fourth-order valence-corrected chi connectivity index (χ4v) is 2.10. The molecule has 0 fully saturated rings. The second-order valence-corrected chi connectivity index (χ2v) is 4.80. The number of hydrogen-bond donors (Lipinski definition) is 1. The van der Waals surface area contributed by atoms with Crippen LogP contribution in [-0.4, -0.2) is 7.11 Å². The van der Waals surface area contributed by atoms with Gasteiger partial charge >= 0.3 is 0 Å². The summed E-state index contributed by atoms with van der Waals surface area (Å²) in [4.78, 5) is 0. The summed E-state index contributed by atoms with van der Waals surface area (Å²) < 4.78 is 18.8. The Hall–Kier alpha value is -1.58. The van der Waals surface area contributed by atoms with Crippen LogP contribution in [0.5, 0.6) is 5.75 Å². The van der Waals surface area contributed by atoms with E-state index < -0.39 is 11.9 Å². The zero-order valence-corrected chi connectivity index (χ0v) is 11.5. The van der Waals surface area contributed by atoms with Gasteiger partial charge in [-0.15, -0.1) is 0 Å². The highest BCUT2D eigenvalue weighted by Crippen LogP contribution is 2.30. The van der Waals surface area contributed by atoms with Gasteiger partial charge in [0.25, 0.3) is 0 Å². The minimum absolute atomic E-state index is 0.0900. The molecule has 100 valence electrons. The average Bonchev–Trinajstić information content (AvgIpc) is 2.41. The van der Waals surface area contributed by atoms with E-state index in [1.54, 1.807) is 13.2 Å². The summed E-state index contributed by atoms with van der Waals surface area (Å²) in [6, 6.07) is 9.87. The van der Waals surface area contributed by atoms with Gasteiger partial charge < -0.3 is 10.5 Å². The molecule has 2 aromatic carbocycles. The van der Waals surface area contributed by atoms with Crippen molar-refractivity contribution in [2.75, 3.05) is 7.11 Å². The molecule has 0 aliphatic carbocycles. The first kappa shape index (κ1) is 13.8. The lowest BCUT2D eigenvalue weighted by Crippen LogP contribution is -2.13. The number of nitrogens with two attached hydrogens (primary N) is 1. The molecule has 0 amide bonds. The summed E-state index contributed by atoms with van der Waals surface area (Å²) >= 11 is 5.67. The third kappa shape index (κ3) is 2.88. The molecule has 2 N–H and O–H groups in total. The highest BCUT2D eigenvalue weighted by Gasteiger charge is 2.15. The van der Waals surface area contributed by atoms with Crippen molar-refractivity contribution in [2.45, 2.75) is 13.0 Å². The van der Waals surface area contributed by atoms with E-state index in [0.717, 1.165) is 11.1 Å². The van der Waals surface area contributed by atoms with Gasteiger partial charge in [-0.25, -0.2) is 4.39 Å². The average molecular weight is 280 g/mol. The van der Waals surface area contributed by atoms with E-state index in [4.69, 9.17) is 22.1 Å². The SMILES string of the molecule is COc1ccc(C)cc1C(N)c1ccc(Cl)c(F)c1. The highest BCUT2D eigenvalue weighted by molar-refractivity contribution is 6.30. The molecule has 0 bridgehead atoms. The Morgan fingerprint density at radius 1 is 1.21 bits per heavy atom. The Labute approximate surface area is 117 Å². The van der Waals surface area contributed by atoms with Gasteiger partial charge in [-0.3, -0.25) is 0 Å². The predicted molar refractivity (Wildman–Crippen MR) is 75.2 cm³/mol. The molecule has 2 nitrogen and oxygen atoms in total. The molecule has 1 atom stereocenters. The molecule has 1 unspecified atom stereocenters. The maximum atomic E-state index is 13.5. The van der Waals surface area contributed by atoms with Crippen molar-refractivity contribution in [3.63, 3.8) is 0 Å². The largest absolute Gasteiger partial charge is 0.496 e. The lowest BCUT2D eigenvalue weighted by Gasteiger charge is -2.17. The van der Waals surface area contributed by atoms with Crippen LogP contribution in [0.1, 0.15) is 22.7 Å². The van der Waals surface area contributed by atoms with Crippen molar-refractivity contribution in [3.8, 4) is 5.75 Å². The standard InChI is InChI=1S/C15H15ClFNO/c1-9-3-6-14(19-2)11(7-9)15(18)10-4-5-12(16)13(17)8-10/h3-8,15H,18H2,1-2H3. The van der Waals surface area contributed by atoms with Gasteiger partial charge in [-0.2, -0.15) is 0 Å². The maximum absolute atomic E-state index is 13.5. The number of aryl methyl sites for hydroxylation is 1. The van der Waals surface area contributed by atoms with Crippen molar-refractivity contribution in [3.05, 3.63) is 63.9 Å². The van der Waals surface area contributed by atoms with Gasteiger partial charge in [0.1, 0.15) is 11.6 Å². The molecule has 0 saturated carbocycles. The van der Waals surface area contributed by atoms with E-state index in [0.29, 0.717) is 11.3 Å². The molecule has 0 aliphatic heterocycles. The van der Waals surface area contributed by atoms with E-state index >= 15 is 0 Å². The fraction of sp³-hybridized carbons (Fsp3) is 0.200. The van der Waals surface area contributed by atoms with Gasteiger partial charge in [0.05, 0.1) is 18.2 Å². The van der Waals surface area contributed by atoms with Crippen molar-refractivity contribution in [1.29, 1.82) is 0 Å². The number of rotatable bonds is 3. The van der Waals surface area contributed by atoms with Crippen molar-refractivity contribution < 1.29 is 9.13 Å². The molecule has 0 aliphatic rings. The molecule has 4 heteroatoms. The number of benzene rings is 2. The first-order valence-electron chi connectivity index (χ1n) is 5.88. The fourth-order valence-electron chi connectivity index (χ4n) is 1.98. The third-order valence-electron chi connectivity index (χ3n) is 3.02. The quantitative estimate of drug-likeness (QED) is 0.926. The van der Waals surface area contributed by atoms with E-state index in [-0.39, 0.29) is 5.02 Å². The molecule has 0 radical (unpaired) electrons. The van der Waals surface area contributed by atoms with Gasteiger partial charge in [-0.05, 0) is 30.7 Å². The monoisotopic (exact) mass is 279 g/mol.